The van der Waals surface area contributed by atoms with Crippen molar-refractivity contribution >= 4 is 29.2 Å². The predicted octanol–water partition coefficient (Wildman–Crippen LogP) is 3.82. The van der Waals surface area contributed by atoms with Crippen LogP contribution in [0.3, 0.4) is 0 Å². The van der Waals surface area contributed by atoms with Crippen LogP contribution >= 0.6 is 11.6 Å². The lowest BCUT2D eigenvalue weighted by Gasteiger charge is -2.23. The number of alkyl halides is 3. The molecule has 0 bridgehead atoms. The van der Waals surface area contributed by atoms with E-state index < -0.39 is 12.1 Å². The van der Waals surface area contributed by atoms with E-state index in [9.17, 15) is 22.8 Å². The highest BCUT2D eigenvalue weighted by Gasteiger charge is 2.38. The van der Waals surface area contributed by atoms with Gasteiger partial charge < -0.3 is 20.6 Å². The van der Waals surface area contributed by atoms with Crippen LogP contribution in [0.25, 0.3) is 11.1 Å². The van der Waals surface area contributed by atoms with Crippen molar-refractivity contribution in [3.63, 3.8) is 0 Å². The summed E-state index contributed by atoms with van der Waals surface area (Å²) in [6.45, 7) is 4.27. The first-order valence-electron chi connectivity index (χ1n) is 12.5. The number of benzene rings is 2. The number of nitrogens with one attached hydrogen (secondary N) is 2. The second-order valence-corrected chi connectivity index (χ2v) is 9.19. The fourth-order valence-electron chi connectivity index (χ4n) is 3.90. The zero-order valence-corrected chi connectivity index (χ0v) is 22.2. The highest BCUT2D eigenvalue weighted by molar-refractivity contribution is 6.31. The molecule has 13 heteroatoms. The van der Waals surface area contributed by atoms with Gasteiger partial charge in [-0.15, -0.1) is 0 Å². The fraction of sp³-hybridized carbons (Fsp3) is 0.333. The molecular weight excluding hydrogens is 551 g/mol. The normalized spacial score (nSPS) is 13.6. The van der Waals surface area contributed by atoms with Crippen molar-refractivity contribution in [2.24, 2.45) is 0 Å². The molecule has 1 saturated heterocycles. The number of nitrogens with zero attached hydrogens (tertiary/aromatic N) is 3. The molecule has 1 aromatic heterocycles. The smallest absolute Gasteiger partial charge is 0.475 e. The minimum atomic E-state index is -5.08. The van der Waals surface area contributed by atoms with Crippen LogP contribution in [-0.4, -0.2) is 65.7 Å². The van der Waals surface area contributed by atoms with Crippen LogP contribution in [0.2, 0.25) is 5.15 Å². The Kier molecular flexibility index (Phi) is 11.1. The van der Waals surface area contributed by atoms with E-state index in [0.29, 0.717) is 35.9 Å². The zero-order chi connectivity index (χ0) is 29.1. The number of aromatic nitrogens is 2. The minimum Gasteiger partial charge on any atom is -0.475 e. The highest BCUT2D eigenvalue weighted by Crippen LogP contribution is 2.22. The lowest BCUT2D eigenvalue weighted by Crippen LogP contribution is -2.32. The summed E-state index contributed by atoms with van der Waals surface area (Å²) in [5.74, 6) is -2.90. The largest absolute Gasteiger partial charge is 0.490 e. The number of hydrogen-bond donors (Lipinski definition) is 3. The molecule has 214 valence electrons. The lowest BCUT2D eigenvalue weighted by atomic mass is 10.0. The number of hydrogen-bond acceptors (Lipinski definition) is 6. The van der Waals surface area contributed by atoms with Crippen molar-refractivity contribution < 1.29 is 27.9 Å². The number of halogens is 4. The Morgan fingerprint density at radius 2 is 1.68 bits per heavy atom. The summed E-state index contributed by atoms with van der Waals surface area (Å²) in [7, 11) is 0. The zero-order valence-electron chi connectivity index (χ0n) is 21.5. The molecule has 0 saturated carbocycles. The van der Waals surface area contributed by atoms with E-state index in [1.807, 2.05) is 54.6 Å². The summed E-state index contributed by atoms with van der Waals surface area (Å²) < 4.78 is 33.1. The number of aryl methyl sites for hydroxylation is 1. The molecule has 3 aromatic rings. The predicted molar refractivity (Wildman–Crippen MR) is 146 cm³/mol. The van der Waals surface area contributed by atoms with Crippen LogP contribution < -0.4 is 21.1 Å². The van der Waals surface area contributed by atoms with Gasteiger partial charge in [0.05, 0.1) is 5.69 Å². The van der Waals surface area contributed by atoms with Gasteiger partial charge in [0.15, 0.2) is 5.15 Å². The second kappa shape index (κ2) is 14.5. The first kappa shape index (κ1) is 30.6. The molecule has 1 amide bonds. The van der Waals surface area contributed by atoms with E-state index in [2.05, 4.69) is 20.6 Å². The van der Waals surface area contributed by atoms with Crippen molar-refractivity contribution in [1.29, 1.82) is 0 Å². The molecule has 0 radical (unpaired) electrons. The van der Waals surface area contributed by atoms with E-state index in [4.69, 9.17) is 21.5 Å². The number of aliphatic carboxylic acids is 1. The summed E-state index contributed by atoms with van der Waals surface area (Å²) in [6.07, 6.45) is -3.52. The molecule has 3 N–H and O–H groups in total. The first-order chi connectivity index (χ1) is 19.1. The number of carbonyl (C=O) groups excluding carboxylic acids is 1. The molecule has 0 unspecified atom stereocenters. The monoisotopic (exact) mass is 579 g/mol. The maximum absolute atomic E-state index is 12.5. The molecular formula is C27H29ClF3N5O4. The maximum Gasteiger partial charge on any atom is 0.490 e. The second-order valence-electron chi connectivity index (χ2n) is 8.83. The van der Waals surface area contributed by atoms with Gasteiger partial charge in [0.1, 0.15) is 0 Å². The summed E-state index contributed by atoms with van der Waals surface area (Å²) in [5, 5.41) is 18.0. The van der Waals surface area contributed by atoms with Crippen molar-refractivity contribution in [3.8, 4) is 11.1 Å². The Bertz CT molecular complexity index is 1330. The topological polar surface area (TPSA) is 117 Å². The Morgan fingerprint density at radius 1 is 1.02 bits per heavy atom. The summed E-state index contributed by atoms with van der Waals surface area (Å²) >= 11 is 6.39. The molecule has 2 heterocycles. The molecule has 0 atom stereocenters. The third kappa shape index (κ3) is 9.09. The number of carbonyl (C=O) groups is 2. The van der Waals surface area contributed by atoms with Gasteiger partial charge in [0, 0.05) is 44.4 Å². The average Bonchev–Trinajstić information content (AvgIpc) is 3.22. The minimum absolute atomic E-state index is 0.141. The molecule has 2 aromatic carbocycles. The van der Waals surface area contributed by atoms with E-state index in [-0.39, 0.29) is 11.5 Å². The molecule has 4 rings (SSSR count). The third-order valence-electron chi connectivity index (χ3n) is 5.94. The highest BCUT2D eigenvalue weighted by atomic mass is 35.5. The number of carboxylic acids is 1. The van der Waals surface area contributed by atoms with E-state index in [1.54, 1.807) is 6.07 Å². The van der Waals surface area contributed by atoms with Crippen LogP contribution in [0.4, 0.5) is 18.9 Å². The van der Waals surface area contributed by atoms with Crippen LogP contribution in [-0.2, 0) is 11.3 Å². The van der Waals surface area contributed by atoms with Gasteiger partial charge in [-0.1, -0.05) is 54.1 Å². The van der Waals surface area contributed by atoms with Gasteiger partial charge in [-0.3, -0.25) is 9.59 Å². The van der Waals surface area contributed by atoms with Gasteiger partial charge in [0.2, 0.25) is 0 Å². The van der Waals surface area contributed by atoms with Crippen LogP contribution in [0.5, 0.6) is 0 Å². The first-order valence-corrected chi connectivity index (χ1v) is 12.9. The molecule has 1 fully saturated rings. The Labute approximate surface area is 233 Å². The Hall–Kier alpha value is -3.90. The van der Waals surface area contributed by atoms with Gasteiger partial charge in [0.25, 0.3) is 11.5 Å². The van der Waals surface area contributed by atoms with E-state index in [0.717, 1.165) is 43.7 Å². The molecule has 0 spiro atoms. The molecule has 1 aliphatic rings. The third-order valence-corrected chi connectivity index (χ3v) is 6.21. The average molecular weight is 580 g/mol. The van der Waals surface area contributed by atoms with Gasteiger partial charge in [-0.25, -0.2) is 9.48 Å². The van der Waals surface area contributed by atoms with E-state index in [1.165, 1.54) is 4.68 Å². The summed E-state index contributed by atoms with van der Waals surface area (Å²) in [6, 6.07) is 19.1. The molecule has 1 aliphatic heterocycles. The Morgan fingerprint density at radius 3 is 2.33 bits per heavy atom. The SMILES string of the molecule is O=C(NCCCn1nc(Cl)c(N2CCCNCC2)cc1=O)c1ccc(-c2ccccc2)cc1.O=C(O)C(F)(F)F. The number of anilines is 1. The maximum atomic E-state index is 12.5. The Balaban J connectivity index is 0.000000559. The van der Waals surface area contributed by atoms with Crippen LogP contribution in [0, 0.1) is 0 Å². The van der Waals surface area contributed by atoms with Crippen molar-refractivity contribution in [1.82, 2.24) is 20.4 Å². The summed E-state index contributed by atoms with van der Waals surface area (Å²) in [4.78, 5) is 36.0. The lowest BCUT2D eigenvalue weighted by molar-refractivity contribution is -0.192. The van der Waals surface area contributed by atoms with Gasteiger partial charge >= 0.3 is 12.1 Å². The number of amides is 1. The van der Waals surface area contributed by atoms with Crippen LogP contribution in [0.15, 0.2) is 65.5 Å². The molecule has 40 heavy (non-hydrogen) atoms. The van der Waals surface area contributed by atoms with Crippen molar-refractivity contribution in [3.05, 3.63) is 81.7 Å². The molecule has 0 aliphatic carbocycles. The number of rotatable bonds is 7. The molecule has 9 nitrogen and oxygen atoms in total. The fourth-order valence-corrected chi connectivity index (χ4v) is 4.17. The standard InChI is InChI=1S/C25H28ClN5O2.C2HF3O2/c26-24-22(30-15-4-12-27-14-17-30)18-23(32)31(29-24)16-5-13-28-25(33)21-10-8-20(9-11-21)19-6-2-1-3-7-19;3-2(4,5)1(6)7/h1-3,6-11,18,27H,4-5,12-17H2,(H,28,33);(H,6,7). The number of carboxylic acid groups (broad SMARTS) is 1. The van der Waals surface area contributed by atoms with Gasteiger partial charge in [-0.2, -0.15) is 18.3 Å². The van der Waals surface area contributed by atoms with Crippen LogP contribution in [0.1, 0.15) is 23.2 Å². The summed E-state index contributed by atoms with van der Waals surface area (Å²) in [5.41, 5.74) is 3.28. The quantitative estimate of drug-likeness (QED) is 0.364. The van der Waals surface area contributed by atoms with E-state index >= 15 is 0 Å². The van der Waals surface area contributed by atoms with Crippen molar-refractivity contribution in [2.75, 3.05) is 37.6 Å². The van der Waals surface area contributed by atoms with Gasteiger partial charge in [-0.05, 0) is 42.6 Å². The van der Waals surface area contributed by atoms with Crippen molar-refractivity contribution in [2.45, 2.75) is 25.6 Å².